The van der Waals surface area contributed by atoms with Crippen LogP contribution in [0.1, 0.15) is 22.8 Å². The second-order valence-electron chi connectivity index (χ2n) is 3.52. The molecule has 1 unspecified atom stereocenters. The lowest BCUT2D eigenvalue weighted by Gasteiger charge is -2.08. The van der Waals surface area contributed by atoms with E-state index in [4.69, 9.17) is 27.9 Å². The number of halogens is 2. The van der Waals surface area contributed by atoms with Gasteiger partial charge in [-0.05, 0) is 24.6 Å². The highest BCUT2D eigenvalue weighted by molar-refractivity contribution is 6.35. The van der Waals surface area contributed by atoms with Gasteiger partial charge in [-0.25, -0.2) is 0 Å². The molecule has 0 bridgehead atoms. The zero-order chi connectivity index (χ0) is 11.0. The molecule has 0 saturated heterocycles. The van der Waals surface area contributed by atoms with E-state index in [0.717, 1.165) is 12.0 Å². The van der Waals surface area contributed by atoms with E-state index in [2.05, 4.69) is 0 Å². The molecule has 80 valence electrons. The third-order valence-electron chi connectivity index (χ3n) is 2.38. The van der Waals surface area contributed by atoms with Crippen molar-refractivity contribution in [2.75, 3.05) is 6.61 Å². The van der Waals surface area contributed by atoms with Crippen LogP contribution in [-0.4, -0.2) is 17.8 Å². The van der Waals surface area contributed by atoms with Crippen molar-refractivity contribution < 1.29 is 9.53 Å². The predicted molar refractivity (Wildman–Crippen MR) is 60.3 cm³/mol. The SMILES string of the molecule is CC(Cl)C(=O)c1cc(Cl)cc2c1OCC2. The summed E-state index contributed by atoms with van der Waals surface area (Å²) in [5.41, 5.74) is 1.49. The fourth-order valence-electron chi connectivity index (χ4n) is 1.67. The van der Waals surface area contributed by atoms with Crippen LogP contribution in [0.4, 0.5) is 0 Å². The fraction of sp³-hybridized carbons (Fsp3) is 0.364. The number of fused-ring (bicyclic) bond motifs is 1. The number of hydrogen-bond donors (Lipinski definition) is 0. The van der Waals surface area contributed by atoms with Gasteiger partial charge in [0.25, 0.3) is 0 Å². The largest absolute Gasteiger partial charge is 0.492 e. The lowest BCUT2D eigenvalue weighted by Crippen LogP contribution is -2.11. The highest BCUT2D eigenvalue weighted by atomic mass is 35.5. The number of Topliss-reactive ketones (excluding diaryl/α,β-unsaturated/α-hetero) is 1. The smallest absolute Gasteiger partial charge is 0.184 e. The summed E-state index contributed by atoms with van der Waals surface area (Å²) >= 11 is 11.7. The number of carbonyl (C=O) groups excluding carboxylic acids is 1. The Morgan fingerprint density at radius 2 is 2.27 bits per heavy atom. The van der Waals surface area contributed by atoms with Gasteiger partial charge in [0.1, 0.15) is 5.75 Å². The van der Waals surface area contributed by atoms with Crippen LogP contribution in [0.25, 0.3) is 0 Å². The molecule has 1 atom stereocenters. The molecule has 1 heterocycles. The van der Waals surface area contributed by atoms with Crippen molar-refractivity contribution in [3.8, 4) is 5.75 Å². The quantitative estimate of drug-likeness (QED) is 0.591. The third kappa shape index (κ3) is 1.97. The van der Waals surface area contributed by atoms with Gasteiger partial charge in [-0.1, -0.05) is 11.6 Å². The number of carbonyl (C=O) groups is 1. The average Bonchev–Trinajstić information content (AvgIpc) is 2.62. The Morgan fingerprint density at radius 1 is 1.53 bits per heavy atom. The van der Waals surface area contributed by atoms with Crippen molar-refractivity contribution in [2.24, 2.45) is 0 Å². The van der Waals surface area contributed by atoms with Gasteiger partial charge in [-0.3, -0.25) is 4.79 Å². The van der Waals surface area contributed by atoms with Crippen molar-refractivity contribution in [1.29, 1.82) is 0 Å². The van der Waals surface area contributed by atoms with Crippen LogP contribution in [-0.2, 0) is 6.42 Å². The average molecular weight is 245 g/mol. The van der Waals surface area contributed by atoms with Crippen LogP contribution in [0.5, 0.6) is 5.75 Å². The van der Waals surface area contributed by atoms with Gasteiger partial charge in [-0.2, -0.15) is 0 Å². The summed E-state index contributed by atoms with van der Waals surface area (Å²) < 4.78 is 5.42. The second kappa shape index (κ2) is 4.03. The number of ketones is 1. The zero-order valence-electron chi connectivity index (χ0n) is 8.22. The van der Waals surface area contributed by atoms with Gasteiger partial charge in [0.05, 0.1) is 17.5 Å². The van der Waals surface area contributed by atoms with E-state index >= 15 is 0 Å². The van der Waals surface area contributed by atoms with Gasteiger partial charge in [-0.15, -0.1) is 11.6 Å². The summed E-state index contributed by atoms with van der Waals surface area (Å²) in [6.45, 7) is 2.25. The molecular weight excluding hydrogens is 235 g/mol. The molecule has 2 rings (SSSR count). The first-order valence-electron chi connectivity index (χ1n) is 4.73. The molecule has 0 amide bonds. The maximum absolute atomic E-state index is 11.8. The lowest BCUT2D eigenvalue weighted by molar-refractivity contribution is 0.0988. The second-order valence-corrected chi connectivity index (χ2v) is 4.61. The number of hydrogen-bond acceptors (Lipinski definition) is 2. The van der Waals surface area contributed by atoms with Crippen LogP contribution in [0.3, 0.4) is 0 Å². The Kier molecular flexibility index (Phi) is 2.89. The van der Waals surface area contributed by atoms with Crippen LogP contribution in [0, 0.1) is 0 Å². The monoisotopic (exact) mass is 244 g/mol. The summed E-state index contributed by atoms with van der Waals surface area (Å²) in [4.78, 5) is 11.8. The van der Waals surface area contributed by atoms with Crippen LogP contribution in [0.2, 0.25) is 5.02 Å². The molecule has 1 aliphatic heterocycles. The molecule has 1 aromatic carbocycles. The molecule has 0 fully saturated rings. The van der Waals surface area contributed by atoms with E-state index in [1.54, 1.807) is 13.0 Å². The Labute approximate surface area is 98.1 Å². The minimum Gasteiger partial charge on any atom is -0.492 e. The topological polar surface area (TPSA) is 26.3 Å². The Bertz CT molecular complexity index is 413. The summed E-state index contributed by atoms with van der Waals surface area (Å²) in [7, 11) is 0. The van der Waals surface area contributed by atoms with Gasteiger partial charge < -0.3 is 4.74 Å². The number of alkyl halides is 1. The minimum atomic E-state index is -0.559. The molecule has 0 aromatic heterocycles. The predicted octanol–water partition coefficient (Wildman–Crippen LogP) is 3.08. The molecule has 15 heavy (non-hydrogen) atoms. The maximum atomic E-state index is 11.8. The van der Waals surface area contributed by atoms with Gasteiger partial charge in [0, 0.05) is 11.4 Å². The molecular formula is C11H10Cl2O2. The van der Waals surface area contributed by atoms with E-state index in [1.807, 2.05) is 6.07 Å². The molecule has 1 aromatic rings. The molecule has 0 saturated carbocycles. The molecule has 0 radical (unpaired) electrons. The van der Waals surface area contributed by atoms with Crippen LogP contribution in [0.15, 0.2) is 12.1 Å². The zero-order valence-corrected chi connectivity index (χ0v) is 9.73. The van der Waals surface area contributed by atoms with E-state index in [0.29, 0.717) is 22.9 Å². The van der Waals surface area contributed by atoms with Crippen molar-refractivity contribution in [2.45, 2.75) is 18.7 Å². The first kappa shape index (κ1) is 10.8. The van der Waals surface area contributed by atoms with E-state index in [1.165, 1.54) is 0 Å². The first-order valence-corrected chi connectivity index (χ1v) is 5.54. The summed E-state index contributed by atoms with van der Waals surface area (Å²) in [5.74, 6) is 0.509. The molecule has 0 spiro atoms. The molecule has 2 nitrogen and oxygen atoms in total. The summed E-state index contributed by atoms with van der Waals surface area (Å²) in [5, 5.41) is -0.00307. The maximum Gasteiger partial charge on any atom is 0.184 e. The lowest BCUT2D eigenvalue weighted by atomic mass is 10.0. The van der Waals surface area contributed by atoms with Crippen molar-refractivity contribution in [3.63, 3.8) is 0 Å². The number of benzene rings is 1. The summed E-state index contributed by atoms with van der Waals surface area (Å²) in [6, 6.07) is 3.45. The Hall–Kier alpha value is -0.730. The van der Waals surface area contributed by atoms with Crippen molar-refractivity contribution in [1.82, 2.24) is 0 Å². The van der Waals surface area contributed by atoms with Crippen LogP contribution < -0.4 is 4.74 Å². The first-order chi connectivity index (χ1) is 7.09. The Morgan fingerprint density at radius 3 is 2.93 bits per heavy atom. The van der Waals surface area contributed by atoms with Crippen LogP contribution >= 0.6 is 23.2 Å². The standard InChI is InChI=1S/C11H10Cl2O2/c1-6(12)10(14)9-5-8(13)4-7-2-3-15-11(7)9/h4-6H,2-3H2,1H3. The minimum absolute atomic E-state index is 0.141. The number of ether oxygens (including phenoxy) is 1. The highest BCUT2D eigenvalue weighted by Gasteiger charge is 2.24. The number of rotatable bonds is 2. The highest BCUT2D eigenvalue weighted by Crippen LogP contribution is 2.33. The fourth-order valence-corrected chi connectivity index (χ4v) is 2.02. The third-order valence-corrected chi connectivity index (χ3v) is 2.79. The summed E-state index contributed by atoms with van der Waals surface area (Å²) in [6.07, 6.45) is 0.798. The van der Waals surface area contributed by atoms with E-state index in [-0.39, 0.29) is 5.78 Å². The van der Waals surface area contributed by atoms with Gasteiger partial charge in [0.2, 0.25) is 0 Å². The molecule has 0 aliphatic carbocycles. The Balaban J connectivity index is 2.51. The van der Waals surface area contributed by atoms with E-state index in [9.17, 15) is 4.79 Å². The van der Waals surface area contributed by atoms with E-state index < -0.39 is 5.38 Å². The van der Waals surface area contributed by atoms with Gasteiger partial charge in [0.15, 0.2) is 5.78 Å². The normalized spacial score (nSPS) is 15.7. The molecule has 4 heteroatoms. The molecule has 1 aliphatic rings. The van der Waals surface area contributed by atoms with Crippen molar-refractivity contribution >= 4 is 29.0 Å². The van der Waals surface area contributed by atoms with Crippen molar-refractivity contribution in [3.05, 3.63) is 28.3 Å². The van der Waals surface area contributed by atoms with Gasteiger partial charge >= 0.3 is 0 Å². The molecule has 0 N–H and O–H groups in total.